The molecule has 2 N–H and O–H groups in total. The van der Waals surface area contributed by atoms with Crippen LogP contribution in [0.15, 0.2) is 36.0 Å². The van der Waals surface area contributed by atoms with Gasteiger partial charge in [0.15, 0.2) is 0 Å². The Hall–Kier alpha value is -3.11. The summed E-state index contributed by atoms with van der Waals surface area (Å²) in [5.74, 6) is -0.551. The quantitative estimate of drug-likeness (QED) is 0.426. The summed E-state index contributed by atoms with van der Waals surface area (Å²) in [5.41, 5.74) is 1.59. The van der Waals surface area contributed by atoms with Gasteiger partial charge in [-0.1, -0.05) is 18.2 Å². The third-order valence-corrected chi connectivity index (χ3v) is 3.87. The van der Waals surface area contributed by atoms with Gasteiger partial charge in [0.25, 0.3) is 5.91 Å². The second-order valence-corrected chi connectivity index (χ2v) is 5.67. The van der Waals surface area contributed by atoms with E-state index in [-0.39, 0.29) is 18.0 Å². The zero-order chi connectivity index (χ0) is 18.9. The number of nitrogens with one attached hydrogen (secondary N) is 2. The molecule has 0 aliphatic carbocycles. The Balaban J connectivity index is 2.27. The average molecular weight is 354 g/mol. The highest BCUT2D eigenvalue weighted by atomic mass is 16.5. The highest BCUT2D eigenvalue weighted by Crippen LogP contribution is 2.23. The van der Waals surface area contributed by atoms with Crippen LogP contribution in [0.2, 0.25) is 0 Å². The van der Waals surface area contributed by atoms with E-state index in [4.69, 9.17) is 4.74 Å². The van der Waals surface area contributed by atoms with Crippen molar-refractivity contribution in [1.29, 1.82) is 5.26 Å². The molecule has 2 amide bonds. The second-order valence-electron chi connectivity index (χ2n) is 5.67. The number of aromatic nitrogens is 1. The highest BCUT2D eigenvalue weighted by molar-refractivity contribution is 6.04. The van der Waals surface area contributed by atoms with E-state index in [1.54, 1.807) is 13.3 Å². The van der Waals surface area contributed by atoms with E-state index >= 15 is 0 Å². The maximum absolute atomic E-state index is 12.2. The monoisotopic (exact) mass is 354 g/mol. The van der Waals surface area contributed by atoms with Crippen LogP contribution in [0.5, 0.6) is 0 Å². The molecule has 26 heavy (non-hydrogen) atoms. The van der Waals surface area contributed by atoms with E-state index in [9.17, 15) is 14.9 Å². The Bertz CT molecular complexity index is 861. The molecule has 0 saturated heterocycles. The summed E-state index contributed by atoms with van der Waals surface area (Å²) < 4.78 is 6.77. The lowest BCUT2D eigenvalue weighted by molar-refractivity contribution is -0.121. The summed E-state index contributed by atoms with van der Waals surface area (Å²) in [7, 11) is 3.10. The number of nitriles is 1. The number of ether oxygens (including phenoxy) is 1. The second kappa shape index (κ2) is 9.39. The van der Waals surface area contributed by atoms with Crippen molar-refractivity contribution >= 4 is 28.8 Å². The number of carbonyl (C=O) groups is 2. The third kappa shape index (κ3) is 4.71. The van der Waals surface area contributed by atoms with E-state index in [2.05, 4.69) is 10.6 Å². The van der Waals surface area contributed by atoms with Gasteiger partial charge in [-0.05, 0) is 18.6 Å². The predicted molar refractivity (Wildman–Crippen MR) is 99.1 cm³/mol. The third-order valence-electron chi connectivity index (χ3n) is 3.87. The van der Waals surface area contributed by atoms with E-state index in [0.717, 1.165) is 17.3 Å². The zero-order valence-corrected chi connectivity index (χ0v) is 14.9. The number of fused-ring (bicyclic) bond motifs is 1. The molecule has 0 atom stereocenters. The molecular weight excluding hydrogens is 332 g/mol. The molecule has 0 aliphatic rings. The van der Waals surface area contributed by atoms with Crippen LogP contribution < -0.4 is 10.6 Å². The number of benzene rings is 1. The SMILES string of the molecule is CNC(=O)C(C#N)=Cc1cn(CC(=O)NCCCOC)c2ccccc12. The minimum Gasteiger partial charge on any atom is -0.385 e. The van der Waals surface area contributed by atoms with E-state index in [1.165, 1.54) is 13.1 Å². The molecule has 7 heteroatoms. The van der Waals surface area contributed by atoms with Crippen molar-refractivity contribution in [3.05, 3.63) is 41.6 Å². The lowest BCUT2D eigenvalue weighted by atomic mass is 10.1. The van der Waals surface area contributed by atoms with E-state index in [0.29, 0.717) is 18.7 Å². The van der Waals surface area contributed by atoms with Crippen LogP contribution in [0.1, 0.15) is 12.0 Å². The summed E-state index contributed by atoms with van der Waals surface area (Å²) in [6.07, 6.45) is 4.06. The van der Waals surface area contributed by atoms with Crippen LogP contribution in [-0.2, 0) is 20.9 Å². The van der Waals surface area contributed by atoms with Crippen LogP contribution in [-0.4, -0.2) is 43.7 Å². The average Bonchev–Trinajstić information content (AvgIpc) is 3.00. The molecule has 0 fully saturated rings. The van der Waals surface area contributed by atoms with Gasteiger partial charge in [0.05, 0.1) is 0 Å². The van der Waals surface area contributed by atoms with Crippen molar-refractivity contribution < 1.29 is 14.3 Å². The summed E-state index contributed by atoms with van der Waals surface area (Å²) in [6.45, 7) is 1.30. The number of nitrogens with zero attached hydrogens (tertiary/aromatic N) is 2. The fourth-order valence-electron chi connectivity index (χ4n) is 2.61. The number of hydrogen-bond donors (Lipinski definition) is 2. The number of amides is 2. The number of carbonyl (C=O) groups excluding carboxylic acids is 2. The van der Waals surface area contributed by atoms with Gasteiger partial charge < -0.3 is 19.9 Å². The number of para-hydroxylation sites is 1. The van der Waals surface area contributed by atoms with Crippen molar-refractivity contribution in [2.75, 3.05) is 27.3 Å². The summed E-state index contributed by atoms with van der Waals surface area (Å²) in [4.78, 5) is 23.9. The van der Waals surface area contributed by atoms with Gasteiger partial charge in [0.1, 0.15) is 18.2 Å². The molecule has 1 aromatic carbocycles. The van der Waals surface area contributed by atoms with E-state index < -0.39 is 5.91 Å². The Morgan fingerprint density at radius 3 is 2.81 bits per heavy atom. The molecule has 2 aromatic rings. The fourth-order valence-corrected chi connectivity index (χ4v) is 2.61. The van der Waals surface area contributed by atoms with Gasteiger partial charge in [-0.25, -0.2) is 0 Å². The molecule has 7 nitrogen and oxygen atoms in total. The van der Waals surface area contributed by atoms with Gasteiger partial charge in [-0.15, -0.1) is 0 Å². The fraction of sp³-hybridized carbons (Fsp3) is 0.316. The Kier molecular flexibility index (Phi) is 6.94. The molecule has 2 rings (SSSR count). The number of likely N-dealkylation sites (N-methyl/N-ethyl adjacent to an activating group) is 1. The Morgan fingerprint density at radius 2 is 2.12 bits per heavy atom. The minimum atomic E-state index is -0.444. The first-order valence-electron chi connectivity index (χ1n) is 8.28. The predicted octanol–water partition coefficient (Wildman–Crippen LogP) is 1.45. The maximum Gasteiger partial charge on any atom is 0.261 e. The van der Waals surface area contributed by atoms with E-state index in [1.807, 2.05) is 34.9 Å². The van der Waals surface area contributed by atoms with Crippen LogP contribution in [0.4, 0.5) is 0 Å². The lowest BCUT2D eigenvalue weighted by Gasteiger charge is -2.07. The topological polar surface area (TPSA) is 96.2 Å². The zero-order valence-electron chi connectivity index (χ0n) is 14.9. The minimum absolute atomic E-state index is 0.0134. The van der Waals surface area contributed by atoms with Crippen molar-refractivity contribution in [3.63, 3.8) is 0 Å². The standard InChI is InChI=1S/C19H22N4O3/c1-21-19(25)14(11-20)10-15-12-23(17-7-4-3-6-16(15)17)13-18(24)22-8-5-9-26-2/h3-4,6-7,10,12H,5,8-9,13H2,1-2H3,(H,21,25)(H,22,24). The molecule has 0 spiro atoms. The molecule has 0 aliphatic heterocycles. The van der Waals surface area contributed by atoms with Crippen molar-refractivity contribution in [3.8, 4) is 6.07 Å². The van der Waals surface area contributed by atoms with Gasteiger partial charge in [0, 0.05) is 50.0 Å². The van der Waals surface area contributed by atoms with Gasteiger partial charge in [0.2, 0.25) is 5.91 Å². The first-order chi connectivity index (χ1) is 12.6. The Labute approximate surface area is 152 Å². The van der Waals surface area contributed by atoms with Crippen LogP contribution in [0.25, 0.3) is 17.0 Å². The number of methoxy groups -OCH3 is 1. The van der Waals surface area contributed by atoms with Crippen molar-refractivity contribution in [2.45, 2.75) is 13.0 Å². The van der Waals surface area contributed by atoms with Crippen molar-refractivity contribution in [2.24, 2.45) is 0 Å². The number of hydrogen-bond acceptors (Lipinski definition) is 4. The molecule has 1 heterocycles. The normalized spacial score (nSPS) is 11.2. The van der Waals surface area contributed by atoms with Gasteiger partial charge in [-0.3, -0.25) is 9.59 Å². The summed E-state index contributed by atoms with van der Waals surface area (Å²) >= 11 is 0. The summed E-state index contributed by atoms with van der Waals surface area (Å²) in [5, 5.41) is 15.4. The molecule has 1 aromatic heterocycles. The number of rotatable bonds is 8. The van der Waals surface area contributed by atoms with Gasteiger partial charge in [-0.2, -0.15) is 5.26 Å². The smallest absolute Gasteiger partial charge is 0.261 e. The molecule has 0 saturated carbocycles. The Morgan fingerprint density at radius 1 is 1.35 bits per heavy atom. The largest absolute Gasteiger partial charge is 0.385 e. The summed E-state index contributed by atoms with van der Waals surface area (Å²) in [6, 6.07) is 9.46. The maximum atomic E-state index is 12.2. The van der Waals surface area contributed by atoms with Gasteiger partial charge >= 0.3 is 0 Å². The molecule has 0 radical (unpaired) electrons. The van der Waals surface area contributed by atoms with Crippen LogP contribution in [0, 0.1) is 11.3 Å². The first-order valence-corrected chi connectivity index (χ1v) is 8.28. The molecule has 136 valence electrons. The van der Waals surface area contributed by atoms with Crippen LogP contribution in [0.3, 0.4) is 0 Å². The molecule has 0 unspecified atom stereocenters. The molecule has 0 bridgehead atoms. The van der Waals surface area contributed by atoms with Crippen LogP contribution >= 0.6 is 0 Å². The lowest BCUT2D eigenvalue weighted by Crippen LogP contribution is -2.28. The van der Waals surface area contributed by atoms with Crippen molar-refractivity contribution in [1.82, 2.24) is 15.2 Å². The first kappa shape index (κ1) is 19.2. The highest BCUT2D eigenvalue weighted by Gasteiger charge is 2.12. The molecular formula is C19H22N4O3.